The highest BCUT2D eigenvalue weighted by molar-refractivity contribution is 6.32. The van der Waals surface area contributed by atoms with Crippen molar-refractivity contribution in [2.24, 2.45) is 5.41 Å². The second kappa shape index (κ2) is 5.28. The van der Waals surface area contributed by atoms with Crippen LogP contribution in [0.3, 0.4) is 0 Å². The van der Waals surface area contributed by atoms with Crippen molar-refractivity contribution in [3.63, 3.8) is 0 Å². The molecule has 0 spiro atoms. The Morgan fingerprint density at radius 2 is 2.33 bits per heavy atom. The molecule has 0 radical (unpaired) electrons. The van der Waals surface area contributed by atoms with E-state index in [-0.39, 0.29) is 10.6 Å². The van der Waals surface area contributed by atoms with Crippen LogP contribution in [0.2, 0.25) is 5.02 Å². The van der Waals surface area contributed by atoms with E-state index in [9.17, 15) is 4.79 Å². The summed E-state index contributed by atoms with van der Waals surface area (Å²) in [5.74, 6) is 0. The van der Waals surface area contributed by atoms with Gasteiger partial charge in [-0.2, -0.15) is 5.10 Å². The highest BCUT2D eigenvalue weighted by Gasteiger charge is 2.36. The molecule has 0 amide bonds. The van der Waals surface area contributed by atoms with Crippen molar-refractivity contribution in [1.29, 1.82) is 0 Å². The second-order valence-electron chi connectivity index (χ2n) is 5.06. The van der Waals surface area contributed by atoms with Gasteiger partial charge in [-0.05, 0) is 18.3 Å². The molecule has 2 rings (SSSR count). The second-order valence-corrected chi connectivity index (χ2v) is 5.44. The van der Waals surface area contributed by atoms with E-state index < -0.39 is 0 Å². The maximum atomic E-state index is 11.9. The summed E-state index contributed by atoms with van der Waals surface area (Å²) in [5, 5.41) is 7.47. The van der Waals surface area contributed by atoms with E-state index in [1.807, 2.05) is 0 Å². The molecule has 5 nitrogen and oxygen atoms in total. The Labute approximate surface area is 111 Å². The Hall–Kier alpha value is -1.07. The van der Waals surface area contributed by atoms with Crippen LogP contribution in [0.15, 0.2) is 11.0 Å². The van der Waals surface area contributed by atoms with Gasteiger partial charge in [-0.25, -0.2) is 4.68 Å². The number of hydrogen-bond donors (Lipinski definition) is 1. The first-order chi connectivity index (χ1) is 8.56. The molecule has 1 aromatic heterocycles. The molecule has 100 valence electrons. The summed E-state index contributed by atoms with van der Waals surface area (Å²) >= 11 is 6.05. The van der Waals surface area contributed by atoms with E-state index in [1.54, 1.807) is 13.3 Å². The van der Waals surface area contributed by atoms with Crippen molar-refractivity contribution < 1.29 is 4.74 Å². The third kappa shape index (κ3) is 3.03. The van der Waals surface area contributed by atoms with E-state index in [2.05, 4.69) is 17.3 Å². The zero-order chi connectivity index (χ0) is 13.2. The van der Waals surface area contributed by atoms with E-state index in [4.69, 9.17) is 16.3 Å². The van der Waals surface area contributed by atoms with Gasteiger partial charge in [-0.3, -0.25) is 4.79 Å². The molecule has 1 aliphatic carbocycles. The Morgan fingerprint density at radius 1 is 1.61 bits per heavy atom. The van der Waals surface area contributed by atoms with E-state index >= 15 is 0 Å². The summed E-state index contributed by atoms with van der Waals surface area (Å²) in [4.78, 5) is 11.9. The number of anilines is 1. The summed E-state index contributed by atoms with van der Waals surface area (Å²) in [6, 6.07) is 0. The number of nitrogens with one attached hydrogen (secondary N) is 1. The Kier molecular flexibility index (Phi) is 3.92. The molecule has 0 saturated heterocycles. The van der Waals surface area contributed by atoms with Gasteiger partial charge in [0.05, 0.1) is 25.0 Å². The molecule has 1 aliphatic rings. The number of aromatic nitrogens is 2. The first-order valence-electron chi connectivity index (χ1n) is 6.04. The van der Waals surface area contributed by atoms with Crippen LogP contribution in [-0.2, 0) is 11.3 Å². The minimum Gasteiger partial charge on any atom is -0.383 e. The van der Waals surface area contributed by atoms with Crippen molar-refractivity contribution in [3.05, 3.63) is 21.6 Å². The highest BCUT2D eigenvalue weighted by Crippen LogP contribution is 2.44. The number of methoxy groups -OCH3 is 1. The van der Waals surface area contributed by atoms with Crippen LogP contribution >= 0.6 is 11.6 Å². The summed E-state index contributed by atoms with van der Waals surface area (Å²) in [6.45, 7) is 3.89. The summed E-state index contributed by atoms with van der Waals surface area (Å²) in [6.07, 6.45) is 4.04. The third-order valence-corrected chi connectivity index (χ3v) is 3.67. The molecule has 1 fully saturated rings. The standard InChI is InChI=1S/C12H18ClN3O2/c1-12(3-4-12)8-14-9-7-15-16(5-6-18-2)11(17)10(9)13/h7,14H,3-6,8H2,1-2H3. The maximum absolute atomic E-state index is 11.9. The number of nitrogens with zero attached hydrogens (tertiary/aromatic N) is 2. The lowest BCUT2D eigenvalue weighted by molar-refractivity contribution is 0.182. The van der Waals surface area contributed by atoms with Crippen molar-refractivity contribution in [1.82, 2.24) is 9.78 Å². The van der Waals surface area contributed by atoms with Crippen molar-refractivity contribution >= 4 is 17.3 Å². The van der Waals surface area contributed by atoms with Crippen LogP contribution in [-0.4, -0.2) is 30.0 Å². The number of hydrogen-bond acceptors (Lipinski definition) is 4. The Bertz CT molecular complexity index is 483. The number of rotatable bonds is 6. The van der Waals surface area contributed by atoms with Crippen molar-refractivity contribution in [2.45, 2.75) is 26.3 Å². The molecular weight excluding hydrogens is 254 g/mol. The number of ether oxygens (including phenoxy) is 1. The molecule has 0 atom stereocenters. The van der Waals surface area contributed by atoms with Crippen LogP contribution < -0.4 is 10.9 Å². The molecule has 1 aromatic rings. The molecule has 0 aliphatic heterocycles. The minimum absolute atomic E-state index is 0.199. The van der Waals surface area contributed by atoms with Gasteiger partial charge in [0.25, 0.3) is 5.56 Å². The lowest BCUT2D eigenvalue weighted by Gasteiger charge is -2.13. The average molecular weight is 272 g/mol. The zero-order valence-electron chi connectivity index (χ0n) is 10.7. The Morgan fingerprint density at radius 3 is 2.94 bits per heavy atom. The molecule has 1 heterocycles. The minimum atomic E-state index is -0.278. The molecular formula is C12H18ClN3O2. The van der Waals surface area contributed by atoms with Gasteiger partial charge in [0.2, 0.25) is 0 Å². The van der Waals surface area contributed by atoms with Gasteiger partial charge in [0.15, 0.2) is 0 Å². The summed E-state index contributed by atoms with van der Waals surface area (Å²) in [5.41, 5.74) is 0.692. The summed E-state index contributed by atoms with van der Waals surface area (Å²) < 4.78 is 6.23. The molecule has 1 saturated carbocycles. The predicted octanol–water partition coefficient (Wildman–Crippen LogP) is 1.76. The Balaban J connectivity index is 2.07. The van der Waals surface area contributed by atoms with Gasteiger partial charge in [0.1, 0.15) is 5.02 Å². The fraction of sp³-hybridized carbons (Fsp3) is 0.667. The molecule has 0 aromatic carbocycles. The van der Waals surface area contributed by atoms with Gasteiger partial charge < -0.3 is 10.1 Å². The highest BCUT2D eigenvalue weighted by atomic mass is 35.5. The van der Waals surface area contributed by atoms with Gasteiger partial charge in [0, 0.05) is 13.7 Å². The normalized spacial score (nSPS) is 16.6. The molecule has 1 N–H and O–H groups in total. The third-order valence-electron chi connectivity index (χ3n) is 3.30. The predicted molar refractivity (Wildman–Crippen MR) is 71.2 cm³/mol. The quantitative estimate of drug-likeness (QED) is 0.857. The van der Waals surface area contributed by atoms with Crippen LogP contribution in [0.4, 0.5) is 5.69 Å². The van der Waals surface area contributed by atoms with E-state index in [0.29, 0.717) is 24.3 Å². The fourth-order valence-corrected chi connectivity index (χ4v) is 1.84. The monoisotopic (exact) mass is 271 g/mol. The van der Waals surface area contributed by atoms with Crippen LogP contribution in [0.25, 0.3) is 0 Å². The van der Waals surface area contributed by atoms with Crippen LogP contribution in [0, 0.1) is 5.41 Å². The molecule has 18 heavy (non-hydrogen) atoms. The van der Waals surface area contributed by atoms with Gasteiger partial charge in [-0.1, -0.05) is 18.5 Å². The van der Waals surface area contributed by atoms with Gasteiger partial charge >= 0.3 is 0 Å². The van der Waals surface area contributed by atoms with Crippen LogP contribution in [0.5, 0.6) is 0 Å². The lowest BCUT2D eigenvalue weighted by Crippen LogP contribution is -2.26. The fourth-order valence-electron chi connectivity index (χ4n) is 1.62. The van der Waals surface area contributed by atoms with E-state index in [1.165, 1.54) is 17.5 Å². The first-order valence-corrected chi connectivity index (χ1v) is 6.42. The molecule has 0 unspecified atom stereocenters. The van der Waals surface area contributed by atoms with Crippen molar-refractivity contribution in [2.75, 3.05) is 25.6 Å². The average Bonchev–Trinajstić information content (AvgIpc) is 3.08. The maximum Gasteiger partial charge on any atom is 0.287 e. The topological polar surface area (TPSA) is 56.1 Å². The smallest absolute Gasteiger partial charge is 0.287 e. The zero-order valence-corrected chi connectivity index (χ0v) is 11.5. The van der Waals surface area contributed by atoms with Gasteiger partial charge in [-0.15, -0.1) is 0 Å². The van der Waals surface area contributed by atoms with Crippen LogP contribution in [0.1, 0.15) is 19.8 Å². The molecule has 6 heteroatoms. The first kappa shape index (κ1) is 13.4. The lowest BCUT2D eigenvalue weighted by atomic mass is 10.1. The largest absolute Gasteiger partial charge is 0.383 e. The van der Waals surface area contributed by atoms with E-state index in [0.717, 1.165) is 6.54 Å². The summed E-state index contributed by atoms with van der Waals surface area (Å²) in [7, 11) is 1.58. The SMILES string of the molecule is COCCn1ncc(NCC2(C)CC2)c(Cl)c1=O. The van der Waals surface area contributed by atoms with Crippen molar-refractivity contribution in [3.8, 4) is 0 Å². The number of halogens is 1. The molecule has 0 bridgehead atoms.